The molecule has 0 aliphatic heterocycles. The van der Waals surface area contributed by atoms with E-state index in [1.807, 2.05) is 4.57 Å². The molecular formula is C29H36FN3O5S. The molecule has 0 saturated heterocycles. The van der Waals surface area contributed by atoms with Gasteiger partial charge in [0.1, 0.15) is 11.4 Å². The van der Waals surface area contributed by atoms with Gasteiger partial charge in [-0.25, -0.2) is 22.3 Å². The molecule has 0 bridgehead atoms. The lowest BCUT2D eigenvalue weighted by Crippen LogP contribution is -2.26. The van der Waals surface area contributed by atoms with E-state index in [1.165, 1.54) is 6.07 Å². The topological polar surface area (TPSA) is 120 Å². The minimum absolute atomic E-state index is 0.0201. The van der Waals surface area contributed by atoms with E-state index in [1.54, 1.807) is 39.0 Å². The Morgan fingerprint density at radius 2 is 1.77 bits per heavy atom. The van der Waals surface area contributed by atoms with E-state index in [0.717, 1.165) is 38.2 Å². The molecule has 1 aromatic heterocycles. The standard InChI is InChI=1S/C29H36FN3O5S/c1-4-38-29(35)25-26(33(22-10-11-22)24-12-9-21(30)17-23(24)27(25)34)20-15-18(2)28(19(3)16-20)39(36,37)32-14-8-6-5-7-13-31/h9,12,15-17,22,32H,4-8,10-11,13-14,31H2,1-3H3. The molecule has 39 heavy (non-hydrogen) atoms. The molecule has 0 atom stereocenters. The van der Waals surface area contributed by atoms with Crippen LogP contribution in [0.15, 0.2) is 40.0 Å². The number of benzene rings is 2. The van der Waals surface area contributed by atoms with Crippen molar-refractivity contribution in [3.8, 4) is 11.3 Å². The Labute approximate surface area is 228 Å². The molecule has 1 aliphatic carbocycles. The molecule has 1 aliphatic rings. The molecule has 2 aromatic carbocycles. The number of sulfonamides is 1. The molecule has 210 valence electrons. The number of fused-ring (bicyclic) bond motifs is 1. The number of unbranched alkanes of at least 4 members (excludes halogenated alkanes) is 3. The Morgan fingerprint density at radius 1 is 1.10 bits per heavy atom. The largest absolute Gasteiger partial charge is 0.462 e. The second kappa shape index (κ2) is 12.0. The highest BCUT2D eigenvalue weighted by Gasteiger charge is 2.33. The number of hydrogen-bond acceptors (Lipinski definition) is 6. The van der Waals surface area contributed by atoms with Crippen molar-refractivity contribution in [3.05, 3.63) is 63.1 Å². The predicted molar refractivity (Wildman–Crippen MR) is 150 cm³/mol. The molecule has 10 heteroatoms. The third kappa shape index (κ3) is 6.08. The fourth-order valence-electron chi connectivity index (χ4n) is 5.18. The van der Waals surface area contributed by atoms with E-state index in [0.29, 0.717) is 47.4 Å². The van der Waals surface area contributed by atoms with E-state index in [2.05, 4.69) is 4.72 Å². The van der Waals surface area contributed by atoms with Crippen LogP contribution in [0.1, 0.15) is 73.0 Å². The first-order valence-electron chi connectivity index (χ1n) is 13.5. The summed E-state index contributed by atoms with van der Waals surface area (Å²) in [5.41, 5.74) is 7.13. The van der Waals surface area contributed by atoms with E-state index in [-0.39, 0.29) is 28.5 Å². The van der Waals surface area contributed by atoms with Gasteiger partial charge in [0.05, 0.1) is 22.7 Å². The summed E-state index contributed by atoms with van der Waals surface area (Å²) in [5, 5.41) is 0.108. The van der Waals surface area contributed by atoms with Crippen molar-refractivity contribution in [2.24, 2.45) is 5.73 Å². The number of carbonyl (C=O) groups is 1. The maximum atomic E-state index is 14.2. The van der Waals surface area contributed by atoms with Gasteiger partial charge in [0.2, 0.25) is 15.5 Å². The van der Waals surface area contributed by atoms with Gasteiger partial charge in [-0.3, -0.25) is 4.79 Å². The van der Waals surface area contributed by atoms with Crippen molar-refractivity contribution >= 4 is 26.9 Å². The lowest BCUT2D eigenvalue weighted by atomic mass is 9.98. The van der Waals surface area contributed by atoms with Gasteiger partial charge in [0, 0.05) is 18.0 Å². The minimum atomic E-state index is -3.79. The molecular weight excluding hydrogens is 521 g/mol. The number of nitrogens with zero attached hydrogens (tertiary/aromatic N) is 1. The fourth-order valence-corrected chi connectivity index (χ4v) is 6.71. The quantitative estimate of drug-likeness (QED) is 0.245. The number of pyridine rings is 1. The molecule has 0 spiro atoms. The number of hydrogen-bond donors (Lipinski definition) is 2. The van der Waals surface area contributed by atoms with Crippen LogP contribution in [0.3, 0.4) is 0 Å². The number of aryl methyl sites for hydroxylation is 2. The van der Waals surface area contributed by atoms with Gasteiger partial charge in [-0.05, 0) is 100 Å². The van der Waals surface area contributed by atoms with E-state index in [9.17, 15) is 22.4 Å². The predicted octanol–water partition coefficient (Wildman–Crippen LogP) is 4.73. The SMILES string of the molecule is CCOC(=O)c1c(-c2cc(C)c(S(=O)(=O)NCCCCCCN)c(C)c2)n(C2CC2)c2ccc(F)cc2c1=O. The number of carbonyl (C=O) groups excluding carboxylic acids is 1. The zero-order chi connectivity index (χ0) is 28.3. The van der Waals surface area contributed by atoms with Crippen molar-refractivity contribution < 1.29 is 22.3 Å². The lowest BCUT2D eigenvalue weighted by Gasteiger charge is -2.22. The maximum Gasteiger partial charge on any atom is 0.344 e. The van der Waals surface area contributed by atoms with E-state index >= 15 is 0 Å². The zero-order valence-corrected chi connectivity index (χ0v) is 23.5. The van der Waals surface area contributed by atoms with Crippen LogP contribution in [0, 0.1) is 19.7 Å². The molecule has 3 N–H and O–H groups in total. The lowest BCUT2D eigenvalue weighted by molar-refractivity contribution is 0.0525. The summed E-state index contributed by atoms with van der Waals surface area (Å²) in [4.78, 5) is 26.9. The highest BCUT2D eigenvalue weighted by molar-refractivity contribution is 7.89. The summed E-state index contributed by atoms with van der Waals surface area (Å²) >= 11 is 0. The molecule has 0 radical (unpaired) electrons. The van der Waals surface area contributed by atoms with E-state index in [4.69, 9.17) is 10.5 Å². The summed E-state index contributed by atoms with van der Waals surface area (Å²) in [7, 11) is -3.79. The smallest absolute Gasteiger partial charge is 0.344 e. The monoisotopic (exact) mass is 557 g/mol. The summed E-state index contributed by atoms with van der Waals surface area (Å²) in [6.07, 6.45) is 5.14. The van der Waals surface area contributed by atoms with Crippen LogP contribution < -0.4 is 15.9 Å². The van der Waals surface area contributed by atoms with Crippen molar-refractivity contribution in [1.82, 2.24) is 9.29 Å². The van der Waals surface area contributed by atoms with Gasteiger partial charge in [0.25, 0.3) is 0 Å². The van der Waals surface area contributed by atoms with Crippen LogP contribution in [-0.4, -0.2) is 38.7 Å². The first-order chi connectivity index (χ1) is 18.6. The second-order valence-electron chi connectivity index (χ2n) is 10.1. The van der Waals surface area contributed by atoms with E-state index < -0.39 is 27.2 Å². The highest BCUT2D eigenvalue weighted by Crippen LogP contribution is 2.42. The third-order valence-electron chi connectivity index (χ3n) is 6.98. The minimum Gasteiger partial charge on any atom is -0.462 e. The number of halogens is 1. The molecule has 0 amide bonds. The van der Waals surface area contributed by atoms with Gasteiger partial charge in [0.15, 0.2) is 0 Å². The van der Waals surface area contributed by atoms with Crippen molar-refractivity contribution in [2.75, 3.05) is 19.7 Å². The Hall–Kier alpha value is -3.08. The zero-order valence-electron chi connectivity index (χ0n) is 22.7. The maximum absolute atomic E-state index is 14.2. The number of nitrogens with one attached hydrogen (secondary N) is 1. The molecule has 3 aromatic rings. The number of aromatic nitrogens is 1. The van der Waals surface area contributed by atoms with Gasteiger partial charge < -0.3 is 15.0 Å². The Kier molecular flexibility index (Phi) is 8.88. The summed E-state index contributed by atoms with van der Waals surface area (Å²) in [6, 6.07) is 7.40. The van der Waals surface area contributed by atoms with Crippen LogP contribution in [0.4, 0.5) is 4.39 Å². The molecule has 1 saturated carbocycles. The first kappa shape index (κ1) is 28.9. The molecule has 1 fully saturated rings. The van der Waals surface area contributed by atoms with Gasteiger partial charge in [-0.2, -0.15) is 0 Å². The second-order valence-corrected chi connectivity index (χ2v) is 11.8. The van der Waals surface area contributed by atoms with Gasteiger partial charge in [-0.15, -0.1) is 0 Å². The van der Waals surface area contributed by atoms with Crippen LogP contribution in [-0.2, 0) is 14.8 Å². The number of ether oxygens (including phenoxy) is 1. The first-order valence-corrected chi connectivity index (χ1v) is 14.9. The summed E-state index contributed by atoms with van der Waals surface area (Å²) in [6.45, 7) is 6.06. The van der Waals surface area contributed by atoms with Crippen LogP contribution in [0.25, 0.3) is 22.2 Å². The van der Waals surface area contributed by atoms with Crippen molar-refractivity contribution in [3.63, 3.8) is 0 Å². The molecule has 0 unspecified atom stereocenters. The normalized spacial score (nSPS) is 13.7. The van der Waals surface area contributed by atoms with Crippen LogP contribution >= 0.6 is 0 Å². The number of esters is 1. The molecule has 1 heterocycles. The van der Waals surface area contributed by atoms with Crippen LogP contribution in [0.2, 0.25) is 0 Å². The Bertz CT molecular complexity index is 1540. The third-order valence-corrected chi connectivity index (χ3v) is 8.75. The Balaban J connectivity index is 1.85. The van der Waals surface area contributed by atoms with Crippen LogP contribution in [0.5, 0.6) is 0 Å². The van der Waals surface area contributed by atoms with Crippen molar-refractivity contribution in [1.29, 1.82) is 0 Å². The number of rotatable bonds is 12. The van der Waals surface area contributed by atoms with Gasteiger partial charge in [-0.1, -0.05) is 12.8 Å². The molecule has 4 rings (SSSR count). The average molecular weight is 558 g/mol. The average Bonchev–Trinajstić information content (AvgIpc) is 3.71. The Morgan fingerprint density at radius 3 is 2.38 bits per heavy atom. The summed E-state index contributed by atoms with van der Waals surface area (Å²) in [5.74, 6) is -1.36. The highest BCUT2D eigenvalue weighted by atomic mass is 32.2. The molecule has 8 nitrogen and oxygen atoms in total. The fraction of sp³-hybridized carbons (Fsp3) is 0.448. The summed E-state index contributed by atoms with van der Waals surface area (Å²) < 4.78 is 50.5. The van der Waals surface area contributed by atoms with Crippen molar-refractivity contribution in [2.45, 2.75) is 70.2 Å². The van der Waals surface area contributed by atoms with Gasteiger partial charge >= 0.3 is 5.97 Å². The number of nitrogens with two attached hydrogens (primary N) is 1.